The molecule has 11 N–H and O–H groups in total. The second kappa shape index (κ2) is 2.03. The quantitative estimate of drug-likeness (QED) is 0.128. The third kappa shape index (κ3) is 497. The molecule has 0 aromatic heterocycles. The molecule has 0 fully saturated rings. The van der Waals surface area contributed by atoms with E-state index in [0.717, 1.165) is 0 Å². The number of hydrogen-bond acceptors (Lipinski definition) is 5. The zero-order chi connectivity index (χ0) is 4.50. The van der Waals surface area contributed by atoms with Gasteiger partial charge in [0.1, 0.15) is 0 Å². The normalized spacial score (nSPS) is 10.0. The third-order valence-corrected chi connectivity index (χ3v) is 0. The first-order valence-electron chi connectivity index (χ1n) is 1.03. The van der Waals surface area contributed by atoms with Crippen LogP contribution in [0, 0.1) is 0 Å². The van der Waals surface area contributed by atoms with Crippen LogP contribution < -0.4 is 29.5 Å². The highest BCUT2D eigenvalue weighted by molar-refractivity contribution is 3.50. The van der Waals surface area contributed by atoms with E-state index in [1.807, 2.05) is 0 Å². The van der Waals surface area contributed by atoms with Gasteiger partial charge in [-0.2, -0.15) is 0 Å². The summed E-state index contributed by atoms with van der Waals surface area (Å²) in [5.41, 5.74) is 0. The summed E-state index contributed by atoms with van der Waals surface area (Å²) in [6.07, 6.45) is 0. The first kappa shape index (κ1) is 9.23. The maximum atomic E-state index is 4.62. The van der Waals surface area contributed by atoms with Gasteiger partial charge in [-0.15, -0.1) is 23.4 Å². The summed E-state index contributed by atoms with van der Waals surface area (Å²) >= 11 is 0. The molecule has 6 heteroatoms. The van der Waals surface area contributed by atoms with Crippen molar-refractivity contribution in [2.75, 3.05) is 0 Å². The number of hydrogen-bond donors (Lipinski definition) is 5. The van der Waals surface area contributed by atoms with E-state index in [0.29, 0.717) is 0 Å². The van der Waals surface area contributed by atoms with Crippen LogP contribution in [0.3, 0.4) is 0 Å². The maximum absolute atomic E-state index is 4.62. The van der Waals surface area contributed by atoms with Gasteiger partial charge in [0.05, 0.1) is 0 Å². The smallest absolute Gasteiger partial charge is 0.0335 e. The predicted molar refractivity (Wildman–Crippen MR) is 22.0 cm³/mol. The molecule has 0 atom stereocenters. The van der Waals surface area contributed by atoms with Crippen LogP contribution in [-0.2, 0) is 0 Å². The van der Waals surface area contributed by atoms with E-state index in [9.17, 15) is 0 Å². The van der Waals surface area contributed by atoms with Gasteiger partial charge in [-0.3, -0.25) is 0 Å². The molecular formula is H11N6+. The van der Waals surface area contributed by atoms with Crippen LogP contribution in [0.1, 0.15) is 0 Å². The van der Waals surface area contributed by atoms with Gasteiger partial charge in [0.15, 0.2) is 0 Å². The second-order valence-corrected chi connectivity index (χ2v) is 0.894. The Bertz CT molecular complexity index is 15.5. The molecule has 0 unspecified atom stereocenters. The molecule has 0 bridgehead atoms. The molecule has 0 saturated carbocycles. The lowest BCUT2D eigenvalue weighted by Gasteiger charge is -2.08. The minimum atomic E-state index is -1.00. The Morgan fingerprint density at radius 3 is 0.833 bits per heavy atom. The summed E-state index contributed by atoms with van der Waals surface area (Å²) in [4.78, 5) is -1.00. The molecular weight excluding hydrogens is 84.0 g/mol. The third-order valence-electron chi connectivity index (χ3n) is 0. The van der Waals surface area contributed by atoms with Gasteiger partial charge >= 0.3 is 0 Å². The molecule has 0 aromatic rings. The molecule has 0 radical (unpaired) electrons. The molecule has 0 aliphatic rings. The van der Waals surface area contributed by atoms with Crippen LogP contribution in [-0.4, -0.2) is 4.92 Å². The lowest BCUT2D eigenvalue weighted by molar-refractivity contribution is -0.974. The second-order valence-electron chi connectivity index (χ2n) is 0.894. The Hall–Kier alpha value is -0.240. The van der Waals surface area contributed by atoms with Crippen molar-refractivity contribution in [2.24, 2.45) is 23.4 Å². The maximum Gasteiger partial charge on any atom is -0.0335 e. The molecule has 0 rings (SSSR count). The van der Waals surface area contributed by atoms with E-state index in [1.54, 1.807) is 0 Å². The van der Waals surface area contributed by atoms with E-state index >= 15 is 0 Å². The number of nitrogens with two attached hydrogens (primary N) is 4. The Labute approximate surface area is 35.7 Å². The highest BCUT2D eigenvalue weighted by Gasteiger charge is 1.92. The highest BCUT2D eigenvalue weighted by atomic mass is 16.0. The fourth-order valence-electron chi connectivity index (χ4n) is 0. The lowest BCUT2D eigenvalue weighted by atomic mass is 12.0. The Kier molecular flexibility index (Phi) is 3.12. The standard InChI is InChI=1S/H8N5.H3N/c1-5(2,3)4;/h1-4H2;1H3/q+1;. The molecule has 0 heterocycles. The van der Waals surface area contributed by atoms with Gasteiger partial charge in [0.2, 0.25) is 0 Å². The molecule has 6 heavy (non-hydrogen) atoms. The van der Waals surface area contributed by atoms with Crippen molar-refractivity contribution in [3.63, 3.8) is 0 Å². The van der Waals surface area contributed by atoms with Gasteiger partial charge in [-0.25, -0.2) is 0 Å². The molecule has 0 amide bonds. The average molecular weight is 95.1 g/mol. The summed E-state index contributed by atoms with van der Waals surface area (Å²) < 4.78 is 0. The van der Waals surface area contributed by atoms with Crippen LogP contribution >= 0.6 is 0 Å². The summed E-state index contributed by atoms with van der Waals surface area (Å²) in [7, 11) is 0. The molecule has 0 saturated heterocycles. The van der Waals surface area contributed by atoms with Crippen LogP contribution in [0.5, 0.6) is 0 Å². The summed E-state index contributed by atoms with van der Waals surface area (Å²) in [5.74, 6) is 18.5. The summed E-state index contributed by atoms with van der Waals surface area (Å²) in [5, 5.41) is 0. The predicted octanol–water partition coefficient (Wildman–Crippen LogP) is -2.54. The highest BCUT2D eigenvalue weighted by Crippen LogP contribution is 1.35. The van der Waals surface area contributed by atoms with Crippen molar-refractivity contribution in [2.45, 2.75) is 0 Å². The van der Waals surface area contributed by atoms with Crippen molar-refractivity contribution in [3.8, 4) is 0 Å². The largest absolute Gasteiger partial charge is 0.344 e. The minimum absolute atomic E-state index is 0. The van der Waals surface area contributed by atoms with Crippen LogP contribution in [0.15, 0.2) is 0 Å². The molecule has 6 nitrogen and oxygen atoms in total. The number of nitrogens with zero attached hydrogens (tertiary/aromatic N) is 1. The SMILES string of the molecule is N.N[N+](N)(N)N. The fraction of sp³-hybridized carbons (Fsp3) is 0. The Morgan fingerprint density at radius 2 is 0.833 bits per heavy atom. The van der Waals surface area contributed by atoms with E-state index in [4.69, 9.17) is 0 Å². The molecule has 0 aliphatic heterocycles. The van der Waals surface area contributed by atoms with E-state index in [1.165, 1.54) is 0 Å². The van der Waals surface area contributed by atoms with E-state index < -0.39 is 4.92 Å². The molecule has 0 aliphatic carbocycles. The van der Waals surface area contributed by atoms with Crippen LogP contribution in [0.4, 0.5) is 0 Å². The molecule has 0 aromatic carbocycles. The zero-order valence-corrected chi connectivity index (χ0v) is 3.46. The zero-order valence-electron chi connectivity index (χ0n) is 3.46. The van der Waals surface area contributed by atoms with Crippen molar-refractivity contribution < 1.29 is 4.92 Å². The Morgan fingerprint density at radius 1 is 0.833 bits per heavy atom. The topological polar surface area (TPSA) is 139 Å². The van der Waals surface area contributed by atoms with Crippen LogP contribution in [0.25, 0.3) is 0 Å². The molecule has 0 spiro atoms. The first-order chi connectivity index (χ1) is 2.00. The first-order valence-corrected chi connectivity index (χ1v) is 1.03. The van der Waals surface area contributed by atoms with Gasteiger partial charge < -0.3 is 6.15 Å². The summed E-state index contributed by atoms with van der Waals surface area (Å²) in [6.45, 7) is 0. The summed E-state index contributed by atoms with van der Waals surface area (Å²) in [6, 6.07) is 0. The van der Waals surface area contributed by atoms with Crippen molar-refractivity contribution in [1.29, 1.82) is 0 Å². The average Bonchev–Trinajstić information content (AvgIpc) is 0.722. The van der Waals surface area contributed by atoms with Crippen molar-refractivity contribution in [1.82, 2.24) is 6.15 Å². The lowest BCUT2D eigenvalue weighted by Crippen LogP contribution is -2.71. The molecule has 40 valence electrons. The van der Waals surface area contributed by atoms with Gasteiger partial charge in [-0.1, -0.05) is 0 Å². The fourth-order valence-corrected chi connectivity index (χ4v) is 0. The Balaban J connectivity index is 0. The van der Waals surface area contributed by atoms with E-state index in [-0.39, 0.29) is 6.15 Å². The van der Waals surface area contributed by atoms with Crippen molar-refractivity contribution >= 4 is 0 Å². The monoisotopic (exact) mass is 95.1 g/mol. The van der Waals surface area contributed by atoms with Crippen molar-refractivity contribution in [3.05, 3.63) is 0 Å². The number of rotatable bonds is 0. The minimum Gasteiger partial charge on any atom is -0.344 e. The van der Waals surface area contributed by atoms with Gasteiger partial charge in [0, 0.05) is 0 Å². The van der Waals surface area contributed by atoms with E-state index in [2.05, 4.69) is 23.4 Å². The van der Waals surface area contributed by atoms with Gasteiger partial charge in [0.25, 0.3) is 0 Å². The number of quaternary nitrogens is 1. The van der Waals surface area contributed by atoms with Gasteiger partial charge in [-0.05, 0) is 4.92 Å². The van der Waals surface area contributed by atoms with Crippen LogP contribution in [0.2, 0.25) is 0 Å².